The number of nitrogens with two attached hydrogens (primary N) is 1. The molecule has 1 aromatic heterocycles. The first-order chi connectivity index (χ1) is 8.97. The van der Waals surface area contributed by atoms with E-state index < -0.39 is 0 Å². The van der Waals surface area contributed by atoms with Crippen molar-refractivity contribution in [3.8, 4) is 0 Å². The maximum atomic E-state index is 5.95. The summed E-state index contributed by atoms with van der Waals surface area (Å²) in [5, 5.41) is 3.41. The third kappa shape index (κ3) is 3.69. The van der Waals surface area contributed by atoms with E-state index in [9.17, 15) is 0 Å². The summed E-state index contributed by atoms with van der Waals surface area (Å²) in [5.41, 5.74) is 7.51. The molecule has 1 atom stereocenters. The number of benzene rings is 1. The van der Waals surface area contributed by atoms with Crippen LogP contribution in [-0.4, -0.2) is 4.99 Å². The lowest BCUT2D eigenvalue weighted by molar-refractivity contribution is 0.907. The van der Waals surface area contributed by atoms with Crippen LogP contribution >= 0.6 is 51.1 Å². The Morgan fingerprint density at radius 1 is 1.42 bits per heavy atom. The lowest BCUT2D eigenvalue weighted by atomic mass is 10.1. The van der Waals surface area contributed by atoms with Gasteiger partial charge in [0.1, 0.15) is 4.99 Å². The molecule has 100 valence electrons. The summed E-state index contributed by atoms with van der Waals surface area (Å²) in [6, 6.07) is 9.90. The molecular formula is C13H12BrClN2S2. The molecule has 0 aliphatic heterocycles. The number of thiocarbonyl (C=S) groups is 1. The zero-order valence-corrected chi connectivity index (χ0v) is 14.1. The van der Waals surface area contributed by atoms with Crippen LogP contribution in [0, 0.1) is 0 Å². The van der Waals surface area contributed by atoms with E-state index in [2.05, 4.69) is 28.2 Å². The van der Waals surface area contributed by atoms with Crippen molar-refractivity contribution in [1.82, 2.24) is 0 Å². The summed E-state index contributed by atoms with van der Waals surface area (Å²) in [6.45, 7) is 2.08. The molecule has 0 saturated carbocycles. The molecule has 0 saturated heterocycles. The van der Waals surface area contributed by atoms with Gasteiger partial charge in [0.15, 0.2) is 0 Å². The number of rotatable bonds is 4. The first-order valence-electron chi connectivity index (χ1n) is 5.58. The number of hydrogen-bond donors (Lipinski definition) is 2. The van der Waals surface area contributed by atoms with Gasteiger partial charge in [0.25, 0.3) is 0 Å². The van der Waals surface area contributed by atoms with Crippen molar-refractivity contribution in [1.29, 1.82) is 0 Å². The van der Waals surface area contributed by atoms with Crippen LogP contribution in [0.1, 0.15) is 23.4 Å². The topological polar surface area (TPSA) is 38.0 Å². The molecule has 0 radical (unpaired) electrons. The smallest absolute Gasteiger partial charge is 0.106 e. The fourth-order valence-electron chi connectivity index (χ4n) is 1.71. The second kappa shape index (κ2) is 6.22. The molecule has 19 heavy (non-hydrogen) atoms. The van der Waals surface area contributed by atoms with Crippen LogP contribution in [0.15, 0.2) is 34.8 Å². The molecule has 1 aromatic carbocycles. The van der Waals surface area contributed by atoms with Gasteiger partial charge in [-0.1, -0.05) is 39.7 Å². The summed E-state index contributed by atoms with van der Waals surface area (Å²) < 4.78 is 1.74. The highest BCUT2D eigenvalue weighted by atomic mass is 79.9. The van der Waals surface area contributed by atoms with Crippen molar-refractivity contribution in [3.05, 3.63) is 49.6 Å². The van der Waals surface area contributed by atoms with Crippen LogP contribution in [0.3, 0.4) is 0 Å². The molecule has 0 amide bonds. The van der Waals surface area contributed by atoms with Crippen LogP contribution in [0.25, 0.3) is 0 Å². The standard InChI is InChI=1S/C13H12BrClN2S2/c1-7(11-4-5-12(15)19-11)17-10-3-2-8(14)6-9(10)13(16)18/h2-7,17H,1H3,(H2,16,18). The maximum absolute atomic E-state index is 5.95. The summed E-state index contributed by atoms with van der Waals surface area (Å²) in [7, 11) is 0. The van der Waals surface area contributed by atoms with Gasteiger partial charge in [-0.15, -0.1) is 11.3 Å². The van der Waals surface area contributed by atoms with Gasteiger partial charge in [-0.3, -0.25) is 0 Å². The zero-order valence-electron chi connectivity index (χ0n) is 10.1. The fourth-order valence-corrected chi connectivity index (χ4v) is 3.30. The minimum absolute atomic E-state index is 0.145. The Morgan fingerprint density at radius 3 is 2.74 bits per heavy atom. The molecular weight excluding hydrogens is 364 g/mol. The molecule has 3 N–H and O–H groups in total. The monoisotopic (exact) mass is 374 g/mol. The molecule has 0 aliphatic carbocycles. The lowest BCUT2D eigenvalue weighted by Crippen LogP contribution is -2.14. The molecule has 2 nitrogen and oxygen atoms in total. The Kier molecular flexibility index (Phi) is 4.84. The normalized spacial score (nSPS) is 12.2. The van der Waals surface area contributed by atoms with Gasteiger partial charge >= 0.3 is 0 Å². The minimum atomic E-state index is 0.145. The van der Waals surface area contributed by atoms with E-state index in [-0.39, 0.29) is 6.04 Å². The van der Waals surface area contributed by atoms with E-state index in [0.717, 1.165) is 20.1 Å². The molecule has 0 bridgehead atoms. The third-order valence-electron chi connectivity index (χ3n) is 2.64. The molecule has 0 aliphatic rings. The number of anilines is 1. The van der Waals surface area contributed by atoms with E-state index in [0.29, 0.717) is 4.99 Å². The first-order valence-corrected chi connectivity index (χ1v) is 7.98. The average molecular weight is 376 g/mol. The van der Waals surface area contributed by atoms with Gasteiger partial charge in [0.2, 0.25) is 0 Å². The average Bonchev–Trinajstić information content (AvgIpc) is 2.78. The molecule has 2 rings (SSSR count). The maximum Gasteiger partial charge on any atom is 0.106 e. The predicted octanol–water partition coefficient (Wildman–Crippen LogP) is 4.97. The van der Waals surface area contributed by atoms with Gasteiger partial charge in [-0.2, -0.15) is 0 Å². The summed E-state index contributed by atoms with van der Waals surface area (Å²) >= 11 is 16.0. The highest BCUT2D eigenvalue weighted by molar-refractivity contribution is 9.10. The minimum Gasteiger partial charge on any atom is -0.389 e. The first kappa shape index (κ1) is 14.8. The van der Waals surface area contributed by atoms with Crippen LogP contribution in [0.4, 0.5) is 5.69 Å². The molecule has 1 heterocycles. The van der Waals surface area contributed by atoms with Crippen molar-refractivity contribution in [3.63, 3.8) is 0 Å². The van der Waals surface area contributed by atoms with Crippen molar-refractivity contribution in [2.75, 3.05) is 5.32 Å². The number of thiophene rings is 1. The van der Waals surface area contributed by atoms with Crippen molar-refractivity contribution in [2.24, 2.45) is 5.73 Å². The van der Waals surface area contributed by atoms with E-state index in [1.165, 1.54) is 4.88 Å². The Hall–Kier alpha value is -0.620. The van der Waals surface area contributed by atoms with Crippen molar-refractivity contribution < 1.29 is 0 Å². The third-order valence-corrected chi connectivity index (χ3v) is 4.77. The largest absolute Gasteiger partial charge is 0.389 e. The van der Waals surface area contributed by atoms with Gasteiger partial charge in [-0.05, 0) is 37.3 Å². The second-order valence-corrected chi connectivity index (χ2v) is 7.16. The van der Waals surface area contributed by atoms with Crippen LogP contribution in [0.5, 0.6) is 0 Å². The Morgan fingerprint density at radius 2 is 2.16 bits per heavy atom. The Balaban J connectivity index is 2.26. The van der Waals surface area contributed by atoms with Gasteiger partial charge in [0, 0.05) is 20.6 Å². The SMILES string of the molecule is CC(Nc1ccc(Br)cc1C(N)=S)c1ccc(Cl)s1. The lowest BCUT2D eigenvalue weighted by Gasteiger charge is -2.17. The number of nitrogens with one attached hydrogen (secondary N) is 1. The highest BCUT2D eigenvalue weighted by Gasteiger charge is 2.12. The predicted molar refractivity (Wildman–Crippen MR) is 91.4 cm³/mol. The van der Waals surface area contributed by atoms with E-state index in [4.69, 9.17) is 29.6 Å². The summed E-state index contributed by atoms with van der Waals surface area (Å²) in [5.74, 6) is 0. The molecule has 1 unspecified atom stereocenters. The molecule has 2 aromatic rings. The van der Waals surface area contributed by atoms with Gasteiger partial charge < -0.3 is 11.1 Å². The molecule has 0 fully saturated rings. The highest BCUT2D eigenvalue weighted by Crippen LogP contribution is 2.30. The van der Waals surface area contributed by atoms with E-state index >= 15 is 0 Å². The van der Waals surface area contributed by atoms with E-state index in [1.54, 1.807) is 11.3 Å². The number of hydrogen-bond acceptors (Lipinski definition) is 3. The Bertz CT molecular complexity index is 612. The zero-order chi connectivity index (χ0) is 14.0. The van der Waals surface area contributed by atoms with Crippen LogP contribution < -0.4 is 11.1 Å². The Labute approximate surface area is 135 Å². The molecule has 6 heteroatoms. The quantitative estimate of drug-likeness (QED) is 0.741. The summed E-state index contributed by atoms with van der Waals surface area (Å²) in [4.78, 5) is 1.54. The van der Waals surface area contributed by atoms with Gasteiger partial charge in [0.05, 0.1) is 10.4 Å². The summed E-state index contributed by atoms with van der Waals surface area (Å²) in [6.07, 6.45) is 0. The van der Waals surface area contributed by atoms with Crippen LogP contribution in [0.2, 0.25) is 4.34 Å². The van der Waals surface area contributed by atoms with Crippen molar-refractivity contribution in [2.45, 2.75) is 13.0 Å². The van der Waals surface area contributed by atoms with Crippen molar-refractivity contribution >= 4 is 61.8 Å². The van der Waals surface area contributed by atoms with Crippen LogP contribution in [-0.2, 0) is 0 Å². The van der Waals surface area contributed by atoms with E-state index in [1.807, 2.05) is 30.3 Å². The second-order valence-electron chi connectivity index (χ2n) is 4.06. The molecule has 0 spiro atoms. The van der Waals surface area contributed by atoms with Gasteiger partial charge in [-0.25, -0.2) is 0 Å². The fraction of sp³-hybridized carbons (Fsp3) is 0.154. The number of halogens is 2.